The predicted octanol–water partition coefficient (Wildman–Crippen LogP) is 1.31. The molecule has 0 fully saturated rings. The third kappa shape index (κ3) is 4.26. The number of carboxylic acid groups (broad SMARTS) is 1. The molecule has 0 aliphatic carbocycles. The van der Waals surface area contributed by atoms with Gasteiger partial charge in [0, 0.05) is 5.38 Å². The molecule has 1 aromatic rings. The van der Waals surface area contributed by atoms with Gasteiger partial charge >= 0.3 is 11.9 Å². The van der Waals surface area contributed by atoms with Gasteiger partial charge in [-0.2, -0.15) is 4.72 Å². The number of thiophene rings is 1. The molecule has 2 N–H and O–H groups in total. The number of carboxylic acids is 1. The number of sulfonamides is 1. The molecule has 0 spiro atoms. The quantitative estimate of drug-likeness (QED) is 0.727. The summed E-state index contributed by atoms with van der Waals surface area (Å²) in [7, 11) is -2.80. The second-order valence-corrected chi connectivity index (χ2v) is 7.32. The SMILES string of the molecule is CCC(C)C(NS(=O)(=O)c1cc(C(=O)O)cs1)C(=O)OC. The number of rotatable bonds is 7. The molecule has 118 valence electrons. The van der Waals surface area contributed by atoms with Crippen LogP contribution in [0.15, 0.2) is 15.7 Å². The highest BCUT2D eigenvalue weighted by Crippen LogP contribution is 2.22. The van der Waals surface area contributed by atoms with Crippen LogP contribution in [0, 0.1) is 5.92 Å². The Kier molecular flexibility index (Phi) is 5.87. The van der Waals surface area contributed by atoms with Crippen molar-refractivity contribution in [1.29, 1.82) is 0 Å². The Morgan fingerprint density at radius 1 is 1.48 bits per heavy atom. The molecule has 9 heteroatoms. The van der Waals surface area contributed by atoms with E-state index in [-0.39, 0.29) is 15.7 Å². The zero-order chi connectivity index (χ0) is 16.2. The highest BCUT2D eigenvalue weighted by atomic mass is 32.2. The minimum atomic E-state index is -3.98. The van der Waals surface area contributed by atoms with Crippen LogP contribution in [0.25, 0.3) is 0 Å². The number of nitrogens with one attached hydrogen (secondary N) is 1. The maximum atomic E-state index is 12.2. The molecular formula is C12H17NO6S2. The van der Waals surface area contributed by atoms with E-state index in [4.69, 9.17) is 5.11 Å². The van der Waals surface area contributed by atoms with Gasteiger partial charge in [0.2, 0.25) is 0 Å². The van der Waals surface area contributed by atoms with Gasteiger partial charge in [0.15, 0.2) is 0 Å². The first-order chi connectivity index (χ1) is 9.72. The molecule has 0 saturated heterocycles. The summed E-state index contributed by atoms with van der Waals surface area (Å²) in [6.45, 7) is 3.55. The highest BCUT2D eigenvalue weighted by molar-refractivity contribution is 7.91. The topological polar surface area (TPSA) is 110 Å². The highest BCUT2D eigenvalue weighted by Gasteiger charge is 2.31. The van der Waals surface area contributed by atoms with Crippen LogP contribution in [0.1, 0.15) is 30.6 Å². The largest absolute Gasteiger partial charge is 0.478 e. The molecular weight excluding hydrogens is 318 g/mol. The van der Waals surface area contributed by atoms with Gasteiger partial charge in [-0.3, -0.25) is 4.79 Å². The number of carbonyl (C=O) groups excluding carboxylic acids is 1. The predicted molar refractivity (Wildman–Crippen MR) is 76.9 cm³/mol. The first-order valence-electron chi connectivity index (χ1n) is 6.15. The van der Waals surface area contributed by atoms with Crippen molar-refractivity contribution in [2.45, 2.75) is 30.5 Å². The lowest BCUT2D eigenvalue weighted by atomic mass is 10.0. The van der Waals surface area contributed by atoms with Gasteiger partial charge in [-0.05, 0) is 12.0 Å². The average molecular weight is 335 g/mol. The van der Waals surface area contributed by atoms with Gasteiger partial charge in [0.05, 0.1) is 12.7 Å². The number of hydrogen-bond donors (Lipinski definition) is 2. The van der Waals surface area contributed by atoms with Crippen LogP contribution < -0.4 is 4.72 Å². The van der Waals surface area contributed by atoms with Gasteiger partial charge in [-0.15, -0.1) is 11.3 Å². The normalized spacial score (nSPS) is 14.4. The summed E-state index contributed by atoms with van der Waals surface area (Å²) in [5.74, 6) is -2.15. The molecule has 0 radical (unpaired) electrons. The number of aromatic carboxylic acids is 1. The molecule has 1 aromatic heterocycles. The molecule has 0 saturated carbocycles. The summed E-state index contributed by atoms with van der Waals surface area (Å²) < 4.78 is 31.2. The number of carbonyl (C=O) groups is 2. The molecule has 2 atom stereocenters. The maximum absolute atomic E-state index is 12.2. The average Bonchev–Trinajstić information content (AvgIpc) is 2.94. The number of ether oxygens (including phenoxy) is 1. The van der Waals surface area contributed by atoms with Crippen LogP contribution in [0.3, 0.4) is 0 Å². The fourth-order valence-electron chi connectivity index (χ4n) is 1.55. The van der Waals surface area contributed by atoms with Crippen molar-refractivity contribution in [3.8, 4) is 0 Å². The number of hydrogen-bond acceptors (Lipinski definition) is 6. The molecule has 0 aliphatic heterocycles. The Morgan fingerprint density at radius 3 is 2.52 bits per heavy atom. The van der Waals surface area contributed by atoms with Crippen LogP contribution in [0.2, 0.25) is 0 Å². The summed E-state index contributed by atoms with van der Waals surface area (Å²) in [4.78, 5) is 22.5. The van der Waals surface area contributed by atoms with Crippen molar-refractivity contribution < 1.29 is 27.9 Å². The van der Waals surface area contributed by atoms with E-state index in [0.29, 0.717) is 6.42 Å². The van der Waals surface area contributed by atoms with Crippen molar-refractivity contribution in [2.24, 2.45) is 5.92 Å². The summed E-state index contributed by atoms with van der Waals surface area (Å²) in [5.41, 5.74) is -0.112. The van der Waals surface area contributed by atoms with E-state index in [9.17, 15) is 18.0 Å². The van der Waals surface area contributed by atoms with Gasteiger partial charge in [0.25, 0.3) is 10.0 Å². The summed E-state index contributed by atoms with van der Waals surface area (Å²) in [6.07, 6.45) is 0.576. The molecule has 7 nitrogen and oxygen atoms in total. The Hall–Kier alpha value is -1.45. The maximum Gasteiger partial charge on any atom is 0.336 e. The fraction of sp³-hybridized carbons (Fsp3) is 0.500. The zero-order valence-electron chi connectivity index (χ0n) is 11.8. The Bertz CT molecular complexity index is 621. The van der Waals surface area contributed by atoms with Gasteiger partial charge < -0.3 is 9.84 Å². The molecule has 2 unspecified atom stereocenters. The smallest absolute Gasteiger partial charge is 0.336 e. The minimum Gasteiger partial charge on any atom is -0.478 e. The number of methoxy groups -OCH3 is 1. The monoisotopic (exact) mass is 335 g/mol. The van der Waals surface area contributed by atoms with E-state index in [2.05, 4.69) is 9.46 Å². The Balaban J connectivity index is 3.05. The molecule has 1 heterocycles. The molecule has 0 bridgehead atoms. The van der Waals surface area contributed by atoms with E-state index < -0.39 is 28.0 Å². The standard InChI is InChI=1S/C12H17NO6S2/c1-4-7(2)10(12(16)19-3)13-21(17,18)9-5-8(6-20-9)11(14)15/h5-7,10,13H,4H2,1-3H3,(H,14,15). The van der Waals surface area contributed by atoms with Gasteiger partial charge in [-0.1, -0.05) is 20.3 Å². The van der Waals surface area contributed by atoms with Crippen molar-refractivity contribution >= 4 is 33.3 Å². The van der Waals surface area contributed by atoms with Crippen molar-refractivity contribution in [1.82, 2.24) is 4.72 Å². The molecule has 1 rings (SSSR count). The molecule has 0 aliphatic rings. The second-order valence-electron chi connectivity index (χ2n) is 4.47. The molecule has 0 amide bonds. The second kappa shape index (κ2) is 7.01. The van der Waals surface area contributed by atoms with Crippen LogP contribution >= 0.6 is 11.3 Å². The summed E-state index contributed by atoms with van der Waals surface area (Å²) in [5, 5.41) is 10.0. The van der Waals surface area contributed by atoms with E-state index in [1.165, 1.54) is 12.5 Å². The van der Waals surface area contributed by atoms with E-state index in [1.807, 2.05) is 6.92 Å². The van der Waals surface area contributed by atoms with E-state index in [1.54, 1.807) is 6.92 Å². The lowest BCUT2D eigenvalue weighted by molar-refractivity contribution is -0.143. The van der Waals surface area contributed by atoms with E-state index in [0.717, 1.165) is 17.4 Å². The first kappa shape index (κ1) is 17.6. The van der Waals surface area contributed by atoms with Crippen molar-refractivity contribution in [3.05, 3.63) is 17.0 Å². The molecule has 0 aromatic carbocycles. The summed E-state index contributed by atoms with van der Waals surface area (Å²) in [6, 6.07) is 0.0423. The van der Waals surface area contributed by atoms with E-state index >= 15 is 0 Å². The zero-order valence-corrected chi connectivity index (χ0v) is 13.5. The van der Waals surface area contributed by atoms with Crippen LogP contribution in [0.5, 0.6) is 0 Å². The van der Waals surface area contributed by atoms with Gasteiger partial charge in [0.1, 0.15) is 10.3 Å². The van der Waals surface area contributed by atoms with Crippen LogP contribution in [-0.4, -0.2) is 38.6 Å². The fourth-order valence-corrected chi connectivity index (χ4v) is 4.02. The van der Waals surface area contributed by atoms with Gasteiger partial charge in [-0.25, -0.2) is 13.2 Å². The third-order valence-electron chi connectivity index (χ3n) is 3.04. The van der Waals surface area contributed by atoms with Crippen molar-refractivity contribution in [3.63, 3.8) is 0 Å². The molecule has 21 heavy (non-hydrogen) atoms. The Labute approximate surface area is 127 Å². The third-order valence-corrected chi connectivity index (χ3v) is 5.92. The van der Waals surface area contributed by atoms with Crippen LogP contribution in [0.4, 0.5) is 0 Å². The van der Waals surface area contributed by atoms with Crippen LogP contribution in [-0.2, 0) is 19.6 Å². The van der Waals surface area contributed by atoms with Crippen molar-refractivity contribution in [2.75, 3.05) is 7.11 Å². The minimum absolute atomic E-state index is 0.112. The Morgan fingerprint density at radius 2 is 2.10 bits per heavy atom. The lowest BCUT2D eigenvalue weighted by Gasteiger charge is -2.21. The number of esters is 1. The first-order valence-corrected chi connectivity index (χ1v) is 8.51. The lowest BCUT2D eigenvalue weighted by Crippen LogP contribution is -2.45. The summed E-state index contributed by atoms with van der Waals surface area (Å²) >= 11 is 0.782.